The zero-order chi connectivity index (χ0) is 16.3. The predicted molar refractivity (Wildman–Crippen MR) is 82.4 cm³/mol. The maximum Gasteiger partial charge on any atom is 0.242 e. The summed E-state index contributed by atoms with van der Waals surface area (Å²) in [5, 5.41) is 10.1. The first kappa shape index (κ1) is 16.6. The van der Waals surface area contributed by atoms with Gasteiger partial charge in [-0.25, -0.2) is 12.8 Å². The highest BCUT2D eigenvalue weighted by Gasteiger charge is 2.24. The molecule has 0 saturated heterocycles. The number of halogens is 1. The first-order valence-corrected chi connectivity index (χ1v) is 8.22. The molecule has 0 bridgehead atoms. The van der Waals surface area contributed by atoms with E-state index in [9.17, 15) is 17.9 Å². The van der Waals surface area contributed by atoms with Gasteiger partial charge in [0.25, 0.3) is 0 Å². The van der Waals surface area contributed by atoms with Crippen LogP contribution in [0.5, 0.6) is 0 Å². The van der Waals surface area contributed by atoms with Crippen LogP contribution in [-0.4, -0.2) is 31.4 Å². The molecule has 0 heterocycles. The molecule has 118 valence electrons. The lowest BCUT2D eigenvalue weighted by atomic mass is 10.1. The van der Waals surface area contributed by atoms with Crippen LogP contribution in [0, 0.1) is 12.7 Å². The first-order chi connectivity index (χ1) is 10.3. The summed E-state index contributed by atoms with van der Waals surface area (Å²) in [5.74, 6) is -0.559. The van der Waals surface area contributed by atoms with Crippen LogP contribution in [0.25, 0.3) is 0 Å². The second-order valence-corrected chi connectivity index (χ2v) is 7.18. The van der Waals surface area contributed by atoms with Gasteiger partial charge in [0, 0.05) is 19.2 Å². The van der Waals surface area contributed by atoms with Gasteiger partial charge in [-0.2, -0.15) is 4.31 Å². The fourth-order valence-corrected chi connectivity index (χ4v) is 3.25. The number of aliphatic hydroxyl groups excluding tert-OH is 1. The molecule has 2 aromatic carbocycles. The molecular weight excluding hydrogens is 305 g/mol. The maximum absolute atomic E-state index is 13.6. The van der Waals surface area contributed by atoms with E-state index in [1.54, 1.807) is 18.2 Å². The SMILES string of the molecule is Cc1ccc(S(=O)(=O)N(C)CC(O)c2ccccc2F)cc1. The molecule has 1 atom stereocenters. The summed E-state index contributed by atoms with van der Waals surface area (Å²) < 4.78 is 39.5. The molecule has 2 rings (SSSR count). The average molecular weight is 323 g/mol. The summed E-state index contributed by atoms with van der Waals surface area (Å²) in [4.78, 5) is 0.140. The van der Waals surface area contributed by atoms with Gasteiger partial charge >= 0.3 is 0 Å². The van der Waals surface area contributed by atoms with E-state index in [4.69, 9.17) is 0 Å². The molecule has 0 spiro atoms. The van der Waals surface area contributed by atoms with Gasteiger partial charge in [0.05, 0.1) is 11.0 Å². The van der Waals surface area contributed by atoms with Gasteiger partial charge in [-0.1, -0.05) is 35.9 Å². The Morgan fingerprint density at radius 3 is 2.32 bits per heavy atom. The van der Waals surface area contributed by atoms with Gasteiger partial charge in [-0.15, -0.1) is 0 Å². The Morgan fingerprint density at radius 1 is 1.14 bits per heavy atom. The van der Waals surface area contributed by atoms with Gasteiger partial charge in [-0.3, -0.25) is 0 Å². The Balaban J connectivity index is 2.19. The number of rotatable bonds is 5. The predicted octanol–water partition coefficient (Wildman–Crippen LogP) is 2.49. The Morgan fingerprint density at radius 2 is 1.73 bits per heavy atom. The van der Waals surface area contributed by atoms with Gasteiger partial charge in [0.15, 0.2) is 0 Å². The van der Waals surface area contributed by atoms with Gasteiger partial charge < -0.3 is 5.11 Å². The lowest BCUT2D eigenvalue weighted by Crippen LogP contribution is -2.31. The average Bonchev–Trinajstić information content (AvgIpc) is 2.48. The zero-order valence-electron chi connectivity index (χ0n) is 12.4. The molecule has 0 aromatic heterocycles. The number of benzene rings is 2. The van der Waals surface area contributed by atoms with Crippen molar-refractivity contribution in [3.63, 3.8) is 0 Å². The second kappa shape index (κ2) is 6.56. The lowest BCUT2D eigenvalue weighted by molar-refractivity contribution is 0.151. The van der Waals surface area contributed by atoms with Crippen LogP contribution in [0.3, 0.4) is 0 Å². The molecule has 0 radical (unpaired) electrons. The van der Waals surface area contributed by atoms with Crippen molar-refractivity contribution < 1.29 is 17.9 Å². The van der Waals surface area contributed by atoms with E-state index in [2.05, 4.69) is 0 Å². The zero-order valence-corrected chi connectivity index (χ0v) is 13.2. The van der Waals surface area contributed by atoms with E-state index in [1.807, 2.05) is 6.92 Å². The quantitative estimate of drug-likeness (QED) is 0.920. The Hall–Kier alpha value is -1.76. The summed E-state index contributed by atoms with van der Waals surface area (Å²) >= 11 is 0. The molecule has 0 aliphatic carbocycles. The minimum atomic E-state index is -3.72. The summed E-state index contributed by atoms with van der Waals surface area (Å²) in [6.07, 6.45) is -1.23. The van der Waals surface area contributed by atoms with Crippen LogP contribution in [0.4, 0.5) is 4.39 Å². The highest BCUT2D eigenvalue weighted by atomic mass is 32.2. The number of likely N-dealkylation sites (N-methyl/N-ethyl adjacent to an activating group) is 1. The van der Waals surface area contributed by atoms with Crippen molar-refractivity contribution in [3.05, 3.63) is 65.5 Å². The number of sulfonamides is 1. The van der Waals surface area contributed by atoms with Gasteiger partial charge in [0.2, 0.25) is 10.0 Å². The molecule has 1 unspecified atom stereocenters. The number of hydrogen-bond donors (Lipinski definition) is 1. The number of aryl methyl sites for hydroxylation is 1. The minimum Gasteiger partial charge on any atom is -0.387 e. The van der Waals surface area contributed by atoms with Crippen molar-refractivity contribution in [1.82, 2.24) is 4.31 Å². The largest absolute Gasteiger partial charge is 0.387 e. The van der Waals surface area contributed by atoms with E-state index in [1.165, 1.54) is 37.4 Å². The van der Waals surface area contributed by atoms with Crippen LogP contribution in [-0.2, 0) is 10.0 Å². The number of nitrogens with zero attached hydrogens (tertiary/aromatic N) is 1. The number of aliphatic hydroxyl groups is 1. The third-order valence-corrected chi connectivity index (χ3v) is 5.26. The molecule has 0 amide bonds. The molecule has 2 aromatic rings. The highest BCUT2D eigenvalue weighted by molar-refractivity contribution is 7.89. The Bertz CT molecular complexity index is 744. The van der Waals surface area contributed by atoms with E-state index >= 15 is 0 Å². The third kappa shape index (κ3) is 3.52. The monoisotopic (exact) mass is 323 g/mol. The standard InChI is InChI=1S/C16H18FNO3S/c1-12-7-9-13(10-8-12)22(20,21)18(2)11-16(19)14-5-3-4-6-15(14)17/h3-10,16,19H,11H2,1-2H3. The van der Waals surface area contributed by atoms with Crippen LogP contribution in [0.1, 0.15) is 17.2 Å². The Kier molecular flexibility index (Phi) is 4.95. The molecule has 6 heteroatoms. The van der Waals surface area contributed by atoms with Crippen LogP contribution >= 0.6 is 0 Å². The topological polar surface area (TPSA) is 57.6 Å². The van der Waals surface area contributed by atoms with Gasteiger partial charge in [0.1, 0.15) is 5.82 Å². The number of hydrogen-bond acceptors (Lipinski definition) is 3. The fraction of sp³-hybridized carbons (Fsp3) is 0.250. The normalized spacial score (nSPS) is 13.3. The summed E-state index contributed by atoms with van der Waals surface area (Å²) in [7, 11) is -2.36. The minimum absolute atomic E-state index is 0.0773. The first-order valence-electron chi connectivity index (χ1n) is 6.78. The summed E-state index contributed by atoms with van der Waals surface area (Å²) in [5.41, 5.74) is 1.03. The van der Waals surface area contributed by atoms with E-state index in [0.717, 1.165) is 9.87 Å². The molecule has 22 heavy (non-hydrogen) atoms. The molecule has 1 N–H and O–H groups in total. The molecule has 0 saturated carbocycles. The van der Waals surface area contributed by atoms with Crippen LogP contribution in [0.2, 0.25) is 0 Å². The molecule has 4 nitrogen and oxygen atoms in total. The highest BCUT2D eigenvalue weighted by Crippen LogP contribution is 2.21. The van der Waals surface area contributed by atoms with Crippen molar-refractivity contribution in [2.75, 3.05) is 13.6 Å². The van der Waals surface area contributed by atoms with E-state index < -0.39 is 21.9 Å². The van der Waals surface area contributed by atoms with E-state index in [-0.39, 0.29) is 17.0 Å². The van der Waals surface area contributed by atoms with Gasteiger partial charge in [-0.05, 0) is 25.1 Å². The lowest BCUT2D eigenvalue weighted by Gasteiger charge is -2.21. The van der Waals surface area contributed by atoms with Crippen molar-refractivity contribution >= 4 is 10.0 Å². The molecule has 0 aliphatic rings. The van der Waals surface area contributed by atoms with E-state index in [0.29, 0.717) is 0 Å². The maximum atomic E-state index is 13.6. The van der Waals surface area contributed by atoms with Crippen molar-refractivity contribution in [1.29, 1.82) is 0 Å². The van der Waals surface area contributed by atoms with Crippen LogP contribution < -0.4 is 0 Å². The van der Waals surface area contributed by atoms with Crippen molar-refractivity contribution in [3.8, 4) is 0 Å². The van der Waals surface area contributed by atoms with Crippen LogP contribution in [0.15, 0.2) is 53.4 Å². The van der Waals surface area contributed by atoms with Crippen molar-refractivity contribution in [2.24, 2.45) is 0 Å². The Labute approximate surface area is 129 Å². The molecule has 0 aliphatic heterocycles. The fourth-order valence-electron chi connectivity index (χ4n) is 2.08. The van der Waals surface area contributed by atoms with Crippen molar-refractivity contribution in [2.45, 2.75) is 17.9 Å². The smallest absolute Gasteiger partial charge is 0.242 e. The summed E-state index contributed by atoms with van der Waals surface area (Å²) in [6.45, 7) is 1.64. The summed E-state index contributed by atoms with van der Waals surface area (Å²) in [6, 6.07) is 12.2. The molecular formula is C16H18FNO3S. The second-order valence-electron chi connectivity index (χ2n) is 5.14. The molecule has 0 fully saturated rings. The third-order valence-electron chi connectivity index (χ3n) is 3.42.